The third kappa shape index (κ3) is 6.54. The smallest absolute Gasteiger partial charge is 0.156 e. The monoisotopic (exact) mass is 411 g/mol. The molecule has 0 fully saturated rings. The molecule has 0 heterocycles. The summed E-state index contributed by atoms with van der Waals surface area (Å²) in [6, 6.07) is 10.5. The quantitative estimate of drug-likeness (QED) is 0.402. The summed E-state index contributed by atoms with van der Waals surface area (Å²) >= 11 is 12.0. The van der Waals surface area contributed by atoms with Crippen molar-refractivity contribution in [3.63, 3.8) is 0 Å². The van der Waals surface area contributed by atoms with E-state index < -0.39 is 0 Å². The van der Waals surface area contributed by atoms with Crippen molar-refractivity contribution < 1.29 is 19.4 Å². The molecule has 0 saturated heterocycles. The number of nitrogens with one attached hydrogen (secondary N) is 1. The van der Waals surface area contributed by atoms with Crippen molar-refractivity contribution in [1.29, 1.82) is 0 Å². The van der Waals surface area contributed by atoms with Crippen LogP contribution in [0.2, 0.25) is 10.0 Å². The zero-order valence-corrected chi connectivity index (χ0v) is 16.8. The first-order valence-electron chi connectivity index (χ1n) is 8.63. The van der Waals surface area contributed by atoms with Gasteiger partial charge in [0.2, 0.25) is 0 Å². The molecule has 0 radical (unpaired) electrons. The second-order valence-electron chi connectivity index (χ2n) is 5.55. The van der Waals surface area contributed by atoms with Crippen LogP contribution in [0, 0.1) is 0 Å². The number of aromatic hydroxyl groups is 1. The zero-order chi connectivity index (χ0) is 19.6. The van der Waals surface area contributed by atoms with Gasteiger partial charge in [0.15, 0.2) is 5.75 Å². The molecular weight excluding hydrogens is 389 g/mol. The maximum Gasteiger partial charge on any atom is 0.156 e. The molecule has 0 amide bonds. The molecule has 0 aliphatic rings. The maximum absolute atomic E-state index is 9.41. The number of rotatable bonds is 10. The highest BCUT2D eigenvalue weighted by molar-refractivity contribution is 6.37. The predicted molar refractivity (Wildman–Crippen MR) is 109 cm³/mol. The summed E-state index contributed by atoms with van der Waals surface area (Å²) in [6.45, 7) is 5.33. The first kappa shape index (κ1) is 21.2. The predicted octanol–water partition coefficient (Wildman–Crippen LogP) is 5.45. The third-order valence-electron chi connectivity index (χ3n) is 3.57. The lowest BCUT2D eigenvalue weighted by atomic mass is 10.1. The number of allylic oxidation sites excluding steroid dienone is 1. The lowest BCUT2D eigenvalue weighted by molar-refractivity contribution is 0.0899. The van der Waals surface area contributed by atoms with Gasteiger partial charge in [-0.05, 0) is 43.7 Å². The summed E-state index contributed by atoms with van der Waals surface area (Å²) in [5.41, 5.74) is 4.82. The minimum Gasteiger partial charge on any atom is -0.508 e. The van der Waals surface area contributed by atoms with Gasteiger partial charge in [0.1, 0.15) is 11.5 Å². The summed E-state index contributed by atoms with van der Waals surface area (Å²) in [4.78, 5) is 5.23. The normalized spacial score (nSPS) is 11.3. The minimum atomic E-state index is 0.00154. The van der Waals surface area contributed by atoms with Gasteiger partial charge >= 0.3 is 0 Å². The van der Waals surface area contributed by atoms with Crippen LogP contribution in [0.25, 0.3) is 5.70 Å². The van der Waals surface area contributed by atoms with E-state index in [0.717, 1.165) is 17.0 Å². The Hall–Kier alpha value is -2.08. The highest BCUT2D eigenvalue weighted by atomic mass is 35.5. The van der Waals surface area contributed by atoms with Gasteiger partial charge in [-0.3, -0.25) is 10.3 Å². The van der Waals surface area contributed by atoms with Gasteiger partial charge in [0.05, 0.1) is 35.6 Å². The molecule has 146 valence electrons. The second kappa shape index (κ2) is 10.9. The number of hydrogen-bond acceptors (Lipinski definition) is 5. The Morgan fingerprint density at radius 1 is 1.07 bits per heavy atom. The maximum atomic E-state index is 9.41. The van der Waals surface area contributed by atoms with Crippen LogP contribution in [0.5, 0.6) is 17.2 Å². The Morgan fingerprint density at radius 2 is 1.70 bits per heavy atom. The van der Waals surface area contributed by atoms with Crippen molar-refractivity contribution in [3.8, 4) is 17.2 Å². The summed E-state index contributed by atoms with van der Waals surface area (Å²) in [5, 5.41) is 9.96. The number of halogens is 2. The second-order valence-corrected chi connectivity index (χ2v) is 6.37. The molecule has 0 aliphatic heterocycles. The molecule has 0 aliphatic carbocycles. The van der Waals surface area contributed by atoms with Gasteiger partial charge in [-0.1, -0.05) is 29.3 Å². The molecule has 0 atom stereocenters. The van der Waals surface area contributed by atoms with E-state index in [2.05, 4.69) is 5.48 Å². The van der Waals surface area contributed by atoms with Gasteiger partial charge in [-0.2, -0.15) is 0 Å². The lowest BCUT2D eigenvalue weighted by Gasteiger charge is -2.12. The number of phenols is 1. The molecule has 0 aromatic heterocycles. The van der Waals surface area contributed by atoms with Gasteiger partial charge in [0.25, 0.3) is 0 Å². The van der Waals surface area contributed by atoms with Crippen LogP contribution < -0.4 is 15.0 Å². The van der Waals surface area contributed by atoms with E-state index in [1.54, 1.807) is 0 Å². The molecule has 0 bridgehead atoms. The molecular formula is C20H23Cl2NO4. The van der Waals surface area contributed by atoms with E-state index in [1.807, 2.05) is 44.2 Å². The van der Waals surface area contributed by atoms with Gasteiger partial charge in [-0.25, -0.2) is 0 Å². The van der Waals surface area contributed by atoms with Crippen LogP contribution in [0.1, 0.15) is 25.8 Å². The van der Waals surface area contributed by atoms with E-state index in [1.165, 1.54) is 12.1 Å². The molecule has 2 rings (SSSR count). The largest absolute Gasteiger partial charge is 0.508 e. The Morgan fingerprint density at radius 3 is 2.30 bits per heavy atom. The molecule has 7 heteroatoms. The fourth-order valence-electron chi connectivity index (χ4n) is 2.27. The van der Waals surface area contributed by atoms with Crippen molar-refractivity contribution in [2.75, 3.05) is 19.8 Å². The molecule has 2 aromatic carbocycles. The number of ether oxygens (including phenoxy) is 2. The fraction of sp³-hybridized carbons (Fsp3) is 0.300. The van der Waals surface area contributed by atoms with Crippen molar-refractivity contribution in [1.82, 2.24) is 5.48 Å². The van der Waals surface area contributed by atoms with E-state index in [0.29, 0.717) is 32.0 Å². The molecule has 0 spiro atoms. The molecule has 5 nitrogen and oxygen atoms in total. The standard InChI is InChI=1S/C20H23Cl2NO4/c1-3-19(23-27-4-2)14-6-8-16(9-7-14)25-10-5-11-26-20-17(21)12-15(24)13-18(20)22/h3,6-9,12-13,23-24H,4-5,10-11H2,1-2H3. The van der Waals surface area contributed by atoms with Crippen LogP contribution in [0.15, 0.2) is 42.5 Å². The average Bonchev–Trinajstić information content (AvgIpc) is 2.65. The molecule has 2 N–H and O–H groups in total. The van der Waals surface area contributed by atoms with Crippen LogP contribution >= 0.6 is 23.2 Å². The summed E-state index contributed by atoms with van der Waals surface area (Å²) in [7, 11) is 0. The number of benzene rings is 2. The van der Waals surface area contributed by atoms with Crippen LogP contribution in [0.3, 0.4) is 0 Å². The zero-order valence-electron chi connectivity index (χ0n) is 15.3. The lowest BCUT2D eigenvalue weighted by Crippen LogP contribution is -2.12. The van der Waals surface area contributed by atoms with E-state index >= 15 is 0 Å². The highest BCUT2D eigenvalue weighted by Gasteiger charge is 2.09. The first-order valence-corrected chi connectivity index (χ1v) is 9.39. The van der Waals surface area contributed by atoms with Crippen LogP contribution in [-0.4, -0.2) is 24.9 Å². The van der Waals surface area contributed by atoms with E-state index in [4.69, 9.17) is 37.5 Å². The summed E-state index contributed by atoms with van der Waals surface area (Å²) in [5.74, 6) is 1.13. The van der Waals surface area contributed by atoms with E-state index in [-0.39, 0.29) is 15.8 Å². The minimum absolute atomic E-state index is 0.00154. The number of phenolic OH excluding ortho intramolecular Hbond substituents is 1. The Bertz CT molecular complexity index is 740. The SMILES string of the molecule is CC=C(NOCC)c1ccc(OCCCOc2c(Cl)cc(O)cc2Cl)cc1. The first-order chi connectivity index (χ1) is 13.0. The highest BCUT2D eigenvalue weighted by Crippen LogP contribution is 2.36. The summed E-state index contributed by atoms with van der Waals surface area (Å²) in [6.07, 6.45) is 2.60. The van der Waals surface area contributed by atoms with Gasteiger partial charge in [-0.15, -0.1) is 0 Å². The van der Waals surface area contributed by atoms with Crippen molar-refractivity contribution in [2.45, 2.75) is 20.3 Å². The Kier molecular flexibility index (Phi) is 8.58. The average molecular weight is 412 g/mol. The third-order valence-corrected chi connectivity index (χ3v) is 4.13. The van der Waals surface area contributed by atoms with Crippen LogP contribution in [-0.2, 0) is 4.84 Å². The molecule has 2 aromatic rings. The number of hydroxylamine groups is 1. The van der Waals surface area contributed by atoms with Crippen molar-refractivity contribution >= 4 is 28.9 Å². The van der Waals surface area contributed by atoms with Crippen LogP contribution in [0.4, 0.5) is 0 Å². The Balaban J connectivity index is 1.78. The van der Waals surface area contributed by atoms with Crippen molar-refractivity contribution in [3.05, 3.63) is 58.1 Å². The van der Waals surface area contributed by atoms with E-state index in [9.17, 15) is 5.11 Å². The van der Waals surface area contributed by atoms with Crippen molar-refractivity contribution in [2.24, 2.45) is 0 Å². The Labute approximate surface area is 169 Å². The van der Waals surface area contributed by atoms with Gasteiger partial charge < -0.3 is 14.6 Å². The fourth-order valence-corrected chi connectivity index (χ4v) is 2.86. The molecule has 0 saturated carbocycles. The summed E-state index contributed by atoms with van der Waals surface area (Å²) < 4.78 is 11.3. The van der Waals surface area contributed by atoms with Gasteiger partial charge in [0, 0.05) is 18.6 Å². The molecule has 27 heavy (non-hydrogen) atoms. The topological polar surface area (TPSA) is 60.0 Å². The molecule has 0 unspecified atom stereocenters. The number of hydrogen-bond donors (Lipinski definition) is 2.